The third kappa shape index (κ3) is 3.96. The molecule has 0 radical (unpaired) electrons. The zero-order valence-electron chi connectivity index (χ0n) is 16.6. The zero-order chi connectivity index (χ0) is 20.4. The maximum absolute atomic E-state index is 12.8. The Bertz CT molecular complexity index is 1150. The lowest BCUT2D eigenvalue weighted by atomic mass is 10.1. The van der Waals surface area contributed by atoms with Crippen molar-refractivity contribution in [3.8, 4) is 11.5 Å². The molecule has 0 aliphatic rings. The summed E-state index contributed by atoms with van der Waals surface area (Å²) in [4.78, 5) is 12.8. The molecule has 0 aliphatic heterocycles. The molecule has 0 bridgehead atoms. The Morgan fingerprint density at radius 1 is 0.966 bits per heavy atom. The number of hydrogen-bond donors (Lipinski definition) is 1. The fourth-order valence-corrected chi connectivity index (χ4v) is 3.07. The molecule has 3 aromatic carbocycles. The quantitative estimate of drug-likeness (QED) is 0.522. The average molecular weight is 386 g/mol. The summed E-state index contributed by atoms with van der Waals surface area (Å²) in [5, 5.41) is 11.3. The van der Waals surface area contributed by atoms with Crippen molar-refractivity contribution in [1.29, 1.82) is 0 Å². The minimum absolute atomic E-state index is 0.160. The van der Waals surface area contributed by atoms with Crippen molar-refractivity contribution < 1.29 is 9.53 Å². The van der Waals surface area contributed by atoms with E-state index in [0.717, 1.165) is 27.9 Å². The number of fused-ring (bicyclic) bond motifs is 1. The van der Waals surface area contributed by atoms with Crippen LogP contribution in [0, 0.1) is 13.8 Å². The van der Waals surface area contributed by atoms with E-state index in [1.807, 2.05) is 87.5 Å². The number of rotatable bonds is 5. The Morgan fingerprint density at radius 3 is 2.34 bits per heavy atom. The highest BCUT2D eigenvalue weighted by Gasteiger charge is 2.19. The number of amides is 1. The van der Waals surface area contributed by atoms with E-state index < -0.39 is 6.04 Å². The smallest absolute Gasteiger partial charge is 0.249 e. The van der Waals surface area contributed by atoms with Gasteiger partial charge in [-0.05, 0) is 80.4 Å². The first-order valence-corrected chi connectivity index (χ1v) is 9.47. The maximum Gasteiger partial charge on any atom is 0.249 e. The van der Waals surface area contributed by atoms with Crippen molar-refractivity contribution >= 4 is 22.6 Å². The number of aryl methyl sites for hydroxylation is 2. The molecule has 4 rings (SSSR count). The van der Waals surface area contributed by atoms with Gasteiger partial charge in [0.1, 0.15) is 23.1 Å². The number of aromatic nitrogens is 3. The minimum Gasteiger partial charge on any atom is -0.457 e. The van der Waals surface area contributed by atoms with Crippen LogP contribution < -0.4 is 10.1 Å². The molecule has 0 saturated heterocycles. The van der Waals surface area contributed by atoms with E-state index >= 15 is 0 Å². The van der Waals surface area contributed by atoms with Crippen molar-refractivity contribution in [2.45, 2.75) is 26.8 Å². The Labute approximate surface area is 169 Å². The van der Waals surface area contributed by atoms with Crippen LogP contribution in [0.3, 0.4) is 0 Å². The van der Waals surface area contributed by atoms with Gasteiger partial charge in [-0.15, -0.1) is 5.10 Å². The third-order valence-corrected chi connectivity index (χ3v) is 4.93. The van der Waals surface area contributed by atoms with E-state index in [4.69, 9.17) is 4.74 Å². The normalized spacial score (nSPS) is 12.0. The van der Waals surface area contributed by atoms with E-state index in [-0.39, 0.29) is 5.91 Å². The molecule has 1 heterocycles. The van der Waals surface area contributed by atoms with E-state index in [2.05, 4.69) is 15.6 Å². The predicted molar refractivity (Wildman–Crippen MR) is 113 cm³/mol. The maximum atomic E-state index is 12.8. The van der Waals surface area contributed by atoms with Gasteiger partial charge in [-0.25, -0.2) is 4.68 Å². The second-order valence-corrected chi connectivity index (χ2v) is 7.06. The van der Waals surface area contributed by atoms with Crippen molar-refractivity contribution in [1.82, 2.24) is 15.0 Å². The summed E-state index contributed by atoms with van der Waals surface area (Å²) < 4.78 is 7.44. The molecule has 1 amide bonds. The third-order valence-electron chi connectivity index (χ3n) is 4.93. The second-order valence-electron chi connectivity index (χ2n) is 7.06. The zero-order valence-corrected chi connectivity index (χ0v) is 16.6. The Morgan fingerprint density at radius 2 is 1.62 bits per heavy atom. The Balaban J connectivity index is 1.47. The molecule has 0 aliphatic carbocycles. The van der Waals surface area contributed by atoms with E-state index in [1.165, 1.54) is 0 Å². The van der Waals surface area contributed by atoms with E-state index in [1.54, 1.807) is 4.68 Å². The number of anilines is 1. The van der Waals surface area contributed by atoms with Gasteiger partial charge in [0.2, 0.25) is 5.91 Å². The molecule has 29 heavy (non-hydrogen) atoms. The molecule has 1 atom stereocenters. The topological polar surface area (TPSA) is 69.0 Å². The van der Waals surface area contributed by atoms with Crippen molar-refractivity contribution in [3.05, 3.63) is 77.9 Å². The molecule has 0 saturated carbocycles. The van der Waals surface area contributed by atoms with Crippen LogP contribution in [0.1, 0.15) is 24.1 Å². The average Bonchev–Trinajstić information content (AvgIpc) is 3.12. The van der Waals surface area contributed by atoms with Gasteiger partial charge in [0.15, 0.2) is 0 Å². The first-order valence-electron chi connectivity index (χ1n) is 9.47. The van der Waals surface area contributed by atoms with Gasteiger partial charge in [0.25, 0.3) is 0 Å². The van der Waals surface area contributed by atoms with Gasteiger partial charge in [0.05, 0.1) is 5.52 Å². The summed E-state index contributed by atoms with van der Waals surface area (Å²) in [7, 11) is 0. The number of ether oxygens (including phenoxy) is 1. The van der Waals surface area contributed by atoms with E-state index in [9.17, 15) is 4.79 Å². The second kappa shape index (κ2) is 7.75. The Kier molecular flexibility index (Phi) is 4.99. The summed E-state index contributed by atoms with van der Waals surface area (Å²) in [5.74, 6) is 1.31. The predicted octanol–water partition coefficient (Wildman–Crippen LogP) is 5.04. The highest BCUT2D eigenvalue weighted by molar-refractivity contribution is 5.94. The van der Waals surface area contributed by atoms with Crippen LogP contribution in [0.25, 0.3) is 11.0 Å². The standard InChI is InChI=1S/C23H22N4O2/c1-15-13-21-22(14-16(15)2)27(26-25-21)17(3)23(28)24-18-9-11-20(12-10-18)29-19-7-5-4-6-8-19/h4-14,17H,1-3H3,(H,24,28). The molecule has 0 fully saturated rings. The van der Waals surface area contributed by atoms with Crippen LogP contribution in [0.4, 0.5) is 5.69 Å². The molecule has 146 valence electrons. The van der Waals surface area contributed by atoms with Gasteiger partial charge in [-0.2, -0.15) is 0 Å². The molecule has 6 nitrogen and oxygen atoms in total. The van der Waals surface area contributed by atoms with Gasteiger partial charge in [-0.1, -0.05) is 23.4 Å². The number of hydrogen-bond acceptors (Lipinski definition) is 4. The number of benzene rings is 3. The van der Waals surface area contributed by atoms with Crippen LogP contribution in [0.2, 0.25) is 0 Å². The highest BCUT2D eigenvalue weighted by Crippen LogP contribution is 2.24. The summed E-state index contributed by atoms with van der Waals surface area (Å²) in [6.07, 6.45) is 0. The first kappa shape index (κ1) is 18.7. The van der Waals surface area contributed by atoms with Gasteiger partial charge >= 0.3 is 0 Å². The number of carbonyl (C=O) groups is 1. The molecule has 1 aromatic heterocycles. The summed E-state index contributed by atoms with van der Waals surface area (Å²) in [6, 6.07) is 20.3. The molecule has 6 heteroatoms. The van der Waals surface area contributed by atoms with Crippen LogP contribution in [-0.2, 0) is 4.79 Å². The largest absolute Gasteiger partial charge is 0.457 e. The van der Waals surface area contributed by atoms with Crippen molar-refractivity contribution in [2.75, 3.05) is 5.32 Å². The van der Waals surface area contributed by atoms with Crippen molar-refractivity contribution in [3.63, 3.8) is 0 Å². The van der Waals surface area contributed by atoms with Crippen LogP contribution in [-0.4, -0.2) is 20.9 Å². The molecule has 0 spiro atoms. The molecule has 1 unspecified atom stereocenters. The highest BCUT2D eigenvalue weighted by atomic mass is 16.5. The lowest BCUT2D eigenvalue weighted by molar-refractivity contribution is -0.119. The molecule has 4 aromatic rings. The van der Waals surface area contributed by atoms with Gasteiger partial charge in [-0.3, -0.25) is 4.79 Å². The van der Waals surface area contributed by atoms with E-state index in [0.29, 0.717) is 11.4 Å². The summed E-state index contributed by atoms with van der Waals surface area (Å²) >= 11 is 0. The Hall–Kier alpha value is -3.67. The van der Waals surface area contributed by atoms with Crippen LogP contribution in [0.15, 0.2) is 66.7 Å². The molecule has 1 N–H and O–H groups in total. The van der Waals surface area contributed by atoms with Gasteiger partial charge < -0.3 is 10.1 Å². The fraction of sp³-hybridized carbons (Fsp3) is 0.174. The monoisotopic (exact) mass is 386 g/mol. The SMILES string of the molecule is Cc1cc2nnn(C(C)C(=O)Nc3ccc(Oc4ccccc4)cc3)c2cc1C. The van der Waals surface area contributed by atoms with Gasteiger partial charge in [0, 0.05) is 5.69 Å². The molecular formula is C23H22N4O2. The lowest BCUT2D eigenvalue weighted by Gasteiger charge is -2.14. The number of para-hydroxylation sites is 1. The number of carbonyl (C=O) groups excluding carboxylic acids is 1. The fourth-order valence-electron chi connectivity index (χ4n) is 3.07. The number of nitrogens with one attached hydrogen (secondary N) is 1. The number of nitrogens with zero attached hydrogens (tertiary/aromatic N) is 3. The first-order chi connectivity index (χ1) is 14.0. The summed E-state index contributed by atoms with van der Waals surface area (Å²) in [5.41, 5.74) is 4.62. The lowest BCUT2D eigenvalue weighted by Crippen LogP contribution is -2.24. The van der Waals surface area contributed by atoms with Crippen LogP contribution >= 0.6 is 0 Å². The van der Waals surface area contributed by atoms with Crippen molar-refractivity contribution in [2.24, 2.45) is 0 Å². The van der Waals surface area contributed by atoms with Crippen LogP contribution in [0.5, 0.6) is 11.5 Å². The molecular weight excluding hydrogens is 364 g/mol. The summed E-state index contributed by atoms with van der Waals surface area (Å²) in [6.45, 7) is 5.89. The minimum atomic E-state index is -0.498.